The second-order valence-corrected chi connectivity index (χ2v) is 5.41. The molecule has 0 aliphatic carbocycles. The van der Waals surface area contributed by atoms with Gasteiger partial charge in [0.25, 0.3) is 5.91 Å². The zero-order valence-corrected chi connectivity index (χ0v) is 12.5. The minimum absolute atomic E-state index is 0.277. The van der Waals surface area contributed by atoms with Gasteiger partial charge >= 0.3 is 0 Å². The van der Waals surface area contributed by atoms with Gasteiger partial charge in [0.05, 0.1) is 23.3 Å². The summed E-state index contributed by atoms with van der Waals surface area (Å²) in [5.74, 6) is 0.572. The van der Waals surface area contributed by atoms with Crippen molar-refractivity contribution in [2.45, 2.75) is 12.5 Å². The summed E-state index contributed by atoms with van der Waals surface area (Å²) in [6.07, 6.45) is 7.45. The molecule has 2 aromatic rings. The van der Waals surface area contributed by atoms with Gasteiger partial charge in [-0.25, -0.2) is 5.43 Å². The maximum absolute atomic E-state index is 11.7. The average Bonchev–Trinajstić information content (AvgIpc) is 2.52. The monoisotopic (exact) mass is 303 g/mol. The number of amides is 1. The lowest BCUT2D eigenvalue weighted by Gasteiger charge is -2.07. The summed E-state index contributed by atoms with van der Waals surface area (Å²) in [6.45, 7) is 0. The van der Waals surface area contributed by atoms with Crippen LogP contribution in [0.1, 0.15) is 12.0 Å². The number of hydrogen-bond donors (Lipinski definition) is 2. The highest BCUT2D eigenvalue weighted by Gasteiger charge is 2.11. The first-order valence-corrected chi connectivity index (χ1v) is 7.88. The number of hydrogen-bond acceptors (Lipinski definition) is 6. The Morgan fingerprint density at radius 3 is 2.95 bits per heavy atom. The van der Waals surface area contributed by atoms with Gasteiger partial charge in [0.15, 0.2) is 0 Å². The number of benzene rings is 1. The van der Waals surface area contributed by atoms with Crippen LogP contribution in [0, 0.1) is 0 Å². The molecule has 0 aliphatic rings. The van der Waals surface area contributed by atoms with E-state index in [4.69, 9.17) is 5.73 Å². The van der Waals surface area contributed by atoms with Gasteiger partial charge in [0, 0.05) is 12.4 Å². The first-order chi connectivity index (χ1) is 10.2. The van der Waals surface area contributed by atoms with E-state index in [2.05, 4.69) is 20.5 Å². The van der Waals surface area contributed by atoms with E-state index in [0.29, 0.717) is 6.42 Å². The summed E-state index contributed by atoms with van der Waals surface area (Å²) in [5.41, 5.74) is 10.6. The highest BCUT2D eigenvalue weighted by molar-refractivity contribution is 7.98. The number of nitrogens with zero attached hydrogens (tertiary/aromatic N) is 3. The van der Waals surface area contributed by atoms with E-state index in [1.165, 1.54) is 0 Å². The summed E-state index contributed by atoms with van der Waals surface area (Å²) in [6, 6.07) is 5.04. The lowest BCUT2D eigenvalue weighted by atomic mass is 10.2. The standard InChI is InChI=1S/C14H17N5OS/c1-21-7-4-11(15)14(20)19-18-9-10-2-3-12-13(8-10)17-6-5-16-12/h2-3,5-6,8-9,11H,4,7,15H2,1H3,(H,19,20). The molecule has 0 bridgehead atoms. The summed E-state index contributed by atoms with van der Waals surface area (Å²) < 4.78 is 0. The van der Waals surface area contributed by atoms with Crippen molar-refractivity contribution in [1.82, 2.24) is 15.4 Å². The smallest absolute Gasteiger partial charge is 0.256 e. The fourth-order valence-corrected chi connectivity index (χ4v) is 2.18. The molecule has 0 saturated carbocycles. The number of aromatic nitrogens is 2. The van der Waals surface area contributed by atoms with Gasteiger partial charge in [0.1, 0.15) is 0 Å². The van der Waals surface area contributed by atoms with Crippen LogP contribution in [0.5, 0.6) is 0 Å². The average molecular weight is 303 g/mol. The SMILES string of the molecule is CSCCC(N)C(=O)NN=Cc1ccc2nccnc2c1. The molecule has 3 N–H and O–H groups in total. The van der Waals surface area contributed by atoms with E-state index in [1.807, 2.05) is 24.5 Å². The Morgan fingerprint density at radius 1 is 1.43 bits per heavy atom. The van der Waals surface area contributed by atoms with E-state index in [0.717, 1.165) is 22.3 Å². The largest absolute Gasteiger partial charge is 0.320 e. The third-order valence-electron chi connectivity index (χ3n) is 2.85. The molecule has 1 heterocycles. The molecule has 0 radical (unpaired) electrons. The van der Waals surface area contributed by atoms with Crippen molar-refractivity contribution in [2.24, 2.45) is 10.8 Å². The number of fused-ring (bicyclic) bond motifs is 1. The molecule has 1 unspecified atom stereocenters. The summed E-state index contributed by atoms with van der Waals surface area (Å²) in [4.78, 5) is 20.1. The van der Waals surface area contributed by atoms with Gasteiger partial charge in [-0.2, -0.15) is 16.9 Å². The van der Waals surface area contributed by atoms with Crippen molar-refractivity contribution in [3.8, 4) is 0 Å². The van der Waals surface area contributed by atoms with E-state index < -0.39 is 6.04 Å². The molecule has 0 saturated heterocycles. The Bertz CT molecular complexity index is 646. The Morgan fingerprint density at radius 2 is 2.19 bits per heavy atom. The predicted molar refractivity (Wildman–Crippen MR) is 86.2 cm³/mol. The third-order valence-corrected chi connectivity index (χ3v) is 3.50. The van der Waals surface area contributed by atoms with Crippen molar-refractivity contribution >= 4 is 34.9 Å². The highest BCUT2D eigenvalue weighted by Crippen LogP contribution is 2.09. The molecule has 1 aromatic carbocycles. The van der Waals surface area contributed by atoms with Gasteiger partial charge in [-0.05, 0) is 36.1 Å². The molecule has 2 rings (SSSR count). The van der Waals surface area contributed by atoms with Crippen LogP contribution in [-0.2, 0) is 4.79 Å². The number of hydrazone groups is 1. The van der Waals surface area contributed by atoms with E-state index in [-0.39, 0.29) is 5.91 Å². The molecule has 1 atom stereocenters. The third kappa shape index (κ3) is 4.51. The molecule has 7 heteroatoms. The molecule has 0 fully saturated rings. The number of nitrogens with two attached hydrogens (primary N) is 1. The lowest BCUT2D eigenvalue weighted by molar-refractivity contribution is -0.122. The Hall–Kier alpha value is -1.99. The molecular weight excluding hydrogens is 286 g/mol. The molecule has 1 aromatic heterocycles. The van der Waals surface area contributed by atoms with Crippen LogP contribution in [0.4, 0.5) is 0 Å². The van der Waals surface area contributed by atoms with Crippen LogP contribution in [-0.4, -0.2) is 40.1 Å². The molecule has 6 nitrogen and oxygen atoms in total. The van der Waals surface area contributed by atoms with Gasteiger partial charge < -0.3 is 5.73 Å². The Balaban J connectivity index is 1.95. The van der Waals surface area contributed by atoms with Gasteiger partial charge in [-0.3, -0.25) is 14.8 Å². The number of nitrogens with one attached hydrogen (secondary N) is 1. The van der Waals surface area contributed by atoms with Crippen LogP contribution in [0.2, 0.25) is 0 Å². The number of carbonyl (C=O) groups is 1. The second kappa shape index (κ2) is 7.70. The van der Waals surface area contributed by atoms with Gasteiger partial charge in [0.2, 0.25) is 0 Å². The molecule has 0 spiro atoms. The summed E-state index contributed by atoms with van der Waals surface area (Å²) >= 11 is 1.66. The van der Waals surface area contributed by atoms with Crippen molar-refractivity contribution < 1.29 is 4.79 Å². The zero-order chi connectivity index (χ0) is 15.1. The van der Waals surface area contributed by atoms with Crippen LogP contribution in [0.25, 0.3) is 11.0 Å². The summed E-state index contributed by atoms with van der Waals surface area (Å²) in [5, 5.41) is 3.92. The van der Waals surface area contributed by atoms with Crippen LogP contribution in [0.15, 0.2) is 35.7 Å². The van der Waals surface area contributed by atoms with Crippen LogP contribution < -0.4 is 11.2 Å². The highest BCUT2D eigenvalue weighted by atomic mass is 32.2. The van der Waals surface area contributed by atoms with Crippen molar-refractivity contribution in [3.05, 3.63) is 36.2 Å². The normalized spacial score (nSPS) is 12.7. The minimum Gasteiger partial charge on any atom is -0.320 e. The van der Waals surface area contributed by atoms with Crippen LogP contribution in [0.3, 0.4) is 0 Å². The minimum atomic E-state index is -0.530. The van der Waals surface area contributed by atoms with Crippen LogP contribution >= 0.6 is 11.8 Å². The molecule has 1 amide bonds. The predicted octanol–water partition coefficient (Wildman–Crippen LogP) is 1.16. The Kier molecular flexibility index (Phi) is 5.65. The van der Waals surface area contributed by atoms with E-state index in [1.54, 1.807) is 30.4 Å². The number of carbonyl (C=O) groups excluding carboxylic acids is 1. The summed E-state index contributed by atoms with van der Waals surface area (Å²) in [7, 11) is 0. The first-order valence-electron chi connectivity index (χ1n) is 6.49. The maximum Gasteiger partial charge on any atom is 0.256 e. The number of rotatable bonds is 6. The molecule has 110 valence electrons. The maximum atomic E-state index is 11.7. The van der Waals surface area contributed by atoms with Crippen molar-refractivity contribution in [3.63, 3.8) is 0 Å². The molecule has 0 aliphatic heterocycles. The topological polar surface area (TPSA) is 93.3 Å². The van der Waals surface area contributed by atoms with Gasteiger partial charge in [-0.15, -0.1) is 0 Å². The molecule has 21 heavy (non-hydrogen) atoms. The van der Waals surface area contributed by atoms with Crippen molar-refractivity contribution in [2.75, 3.05) is 12.0 Å². The lowest BCUT2D eigenvalue weighted by Crippen LogP contribution is -2.38. The fourth-order valence-electron chi connectivity index (χ4n) is 1.69. The van der Waals surface area contributed by atoms with E-state index >= 15 is 0 Å². The quantitative estimate of drug-likeness (QED) is 0.617. The van der Waals surface area contributed by atoms with Crippen molar-refractivity contribution in [1.29, 1.82) is 0 Å². The fraction of sp³-hybridized carbons (Fsp3) is 0.286. The number of thioether (sulfide) groups is 1. The zero-order valence-electron chi connectivity index (χ0n) is 11.7. The van der Waals surface area contributed by atoms with Gasteiger partial charge in [-0.1, -0.05) is 6.07 Å². The molecular formula is C14H17N5OS. The first kappa shape index (κ1) is 15.4. The Labute approximate surface area is 127 Å². The second-order valence-electron chi connectivity index (χ2n) is 4.43. The van der Waals surface area contributed by atoms with E-state index in [9.17, 15) is 4.79 Å².